The average molecular weight is 460 g/mol. The highest BCUT2D eigenvalue weighted by atomic mass is 35.5. The molecular formula is C22H23ClN3O2PS. The van der Waals surface area contributed by atoms with Crippen LogP contribution in [-0.2, 0) is 18.9 Å². The summed E-state index contributed by atoms with van der Waals surface area (Å²) in [6.07, 6.45) is 0.782. The van der Waals surface area contributed by atoms with Gasteiger partial charge < -0.3 is 14.2 Å². The van der Waals surface area contributed by atoms with Crippen molar-refractivity contribution in [2.75, 3.05) is 22.7 Å². The summed E-state index contributed by atoms with van der Waals surface area (Å²) < 4.78 is 9.40. The van der Waals surface area contributed by atoms with E-state index < -0.39 is 12.3 Å². The SMILES string of the molecule is CCN(CC)c1ccc2c(c1)OC(=O)N(c1ccc(Cl)cc1)P2(=S)c1ccn(C)c1. The van der Waals surface area contributed by atoms with E-state index in [4.69, 9.17) is 28.1 Å². The molecule has 1 aromatic heterocycles. The number of fused-ring (bicyclic) bond motifs is 1. The molecule has 2 heterocycles. The van der Waals surface area contributed by atoms with Crippen LogP contribution in [0.4, 0.5) is 16.2 Å². The molecule has 0 saturated carbocycles. The van der Waals surface area contributed by atoms with Gasteiger partial charge in [-0.15, -0.1) is 0 Å². The van der Waals surface area contributed by atoms with Crippen molar-refractivity contribution >= 4 is 57.7 Å². The van der Waals surface area contributed by atoms with Gasteiger partial charge in [0.25, 0.3) is 0 Å². The highest BCUT2D eigenvalue weighted by Crippen LogP contribution is 2.55. The number of ether oxygens (including phenoxy) is 1. The zero-order valence-corrected chi connectivity index (χ0v) is 19.5. The number of nitrogens with zero attached hydrogens (tertiary/aromatic N) is 3. The zero-order valence-electron chi connectivity index (χ0n) is 17.1. The van der Waals surface area contributed by atoms with Crippen molar-refractivity contribution < 1.29 is 9.53 Å². The minimum Gasteiger partial charge on any atom is -0.409 e. The predicted molar refractivity (Wildman–Crippen MR) is 129 cm³/mol. The Morgan fingerprint density at radius 3 is 2.40 bits per heavy atom. The third kappa shape index (κ3) is 3.43. The first-order valence-corrected chi connectivity index (χ1v) is 12.9. The number of aryl methyl sites for hydroxylation is 1. The molecule has 1 amide bonds. The number of carbonyl (C=O) groups excluding carboxylic acids is 1. The minimum atomic E-state index is -2.70. The lowest BCUT2D eigenvalue weighted by Crippen LogP contribution is -2.43. The number of anilines is 2. The Hall–Kier alpha value is -2.27. The number of aromatic nitrogens is 1. The van der Waals surface area contributed by atoms with Crippen LogP contribution in [0.3, 0.4) is 0 Å². The average Bonchev–Trinajstić information content (AvgIpc) is 3.17. The molecule has 2 aromatic carbocycles. The first-order chi connectivity index (χ1) is 14.4. The summed E-state index contributed by atoms with van der Waals surface area (Å²) >= 11 is 12.4. The largest absolute Gasteiger partial charge is 0.424 e. The van der Waals surface area contributed by atoms with Crippen LogP contribution in [-0.4, -0.2) is 23.7 Å². The van der Waals surface area contributed by atoms with E-state index in [1.165, 1.54) is 0 Å². The number of hydrogen-bond acceptors (Lipinski definition) is 4. The molecular weight excluding hydrogens is 437 g/mol. The molecule has 4 rings (SSSR count). The van der Waals surface area contributed by atoms with Crippen molar-refractivity contribution in [3.05, 3.63) is 65.9 Å². The van der Waals surface area contributed by atoms with Crippen LogP contribution in [0.25, 0.3) is 0 Å². The van der Waals surface area contributed by atoms with Gasteiger partial charge in [-0.2, -0.15) is 0 Å². The van der Waals surface area contributed by atoms with E-state index in [-0.39, 0.29) is 0 Å². The summed E-state index contributed by atoms with van der Waals surface area (Å²) in [7, 11) is 1.95. The molecule has 1 aliphatic heterocycles. The third-order valence-corrected chi connectivity index (χ3v) is 10.2. The van der Waals surface area contributed by atoms with E-state index in [1.54, 1.807) is 16.8 Å². The van der Waals surface area contributed by atoms with E-state index in [0.29, 0.717) is 16.5 Å². The Labute approximate surface area is 186 Å². The molecule has 1 atom stereocenters. The summed E-state index contributed by atoms with van der Waals surface area (Å²) in [5.74, 6) is 0.543. The van der Waals surface area contributed by atoms with Gasteiger partial charge in [0.05, 0.1) is 11.0 Å². The van der Waals surface area contributed by atoms with Crippen LogP contribution in [0.15, 0.2) is 60.9 Å². The van der Waals surface area contributed by atoms with Crippen molar-refractivity contribution in [2.24, 2.45) is 7.05 Å². The van der Waals surface area contributed by atoms with Gasteiger partial charge in [0.15, 0.2) is 0 Å². The quantitative estimate of drug-likeness (QED) is 0.509. The molecule has 1 unspecified atom stereocenters. The van der Waals surface area contributed by atoms with Gasteiger partial charge in [0.2, 0.25) is 0 Å². The van der Waals surface area contributed by atoms with E-state index in [1.807, 2.05) is 54.3 Å². The standard InChI is InChI=1S/C22H23ClN3O2PS/c1-4-25(5-2)18-10-11-21-20(14-18)28-22(27)26(17-8-6-16(23)7-9-17)29(21,30)19-12-13-24(3)15-19/h6-15H,4-5H2,1-3H3. The summed E-state index contributed by atoms with van der Waals surface area (Å²) in [5.41, 5.74) is 1.69. The summed E-state index contributed by atoms with van der Waals surface area (Å²) in [5, 5.41) is 2.40. The fourth-order valence-corrected chi connectivity index (χ4v) is 7.89. The van der Waals surface area contributed by atoms with Gasteiger partial charge in [0, 0.05) is 54.6 Å². The molecule has 5 nitrogen and oxygen atoms in total. The smallest absolute Gasteiger partial charge is 0.409 e. The predicted octanol–water partition coefficient (Wildman–Crippen LogP) is 4.89. The van der Waals surface area contributed by atoms with Gasteiger partial charge in [0.1, 0.15) is 11.9 Å². The second-order valence-corrected chi connectivity index (χ2v) is 11.7. The van der Waals surface area contributed by atoms with E-state index >= 15 is 0 Å². The Morgan fingerprint density at radius 1 is 1.10 bits per heavy atom. The van der Waals surface area contributed by atoms with Crippen molar-refractivity contribution in [2.45, 2.75) is 13.8 Å². The van der Waals surface area contributed by atoms with Crippen molar-refractivity contribution in [1.29, 1.82) is 0 Å². The number of amides is 1. The number of benzene rings is 2. The lowest BCUT2D eigenvalue weighted by Gasteiger charge is -2.39. The zero-order chi connectivity index (χ0) is 21.5. The van der Waals surface area contributed by atoms with Crippen LogP contribution in [0.1, 0.15) is 13.8 Å². The highest BCUT2D eigenvalue weighted by molar-refractivity contribution is 8.23. The summed E-state index contributed by atoms with van der Waals surface area (Å²) in [6, 6.07) is 15.1. The van der Waals surface area contributed by atoms with Crippen LogP contribution < -0.4 is 24.9 Å². The lowest BCUT2D eigenvalue weighted by molar-refractivity contribution is 0.211. The Balaban J connectivity index is 1.94. The fraction of sp³-hybridized carbons (Fsp3) is 0.227. The second kappa shape index (κ2) is 8.10. The molecule has 0 bridgehead atoms. The third-order valence-electron chi connectivity index (χ3n) is 5.29. The molecule has 0 radical (unpaired) electrons. The van der Waals surface area contributed by atoms with Gasteiger partial charge >= 0.3 is 6.09 Å². The van der Waals surface area contributed by atoms with Crippen LogP contribution in [0, 0.1) is 0 Å². The molecule has 3 aromatic rings. The molecule has 30 heavy (non-hydrogen) atoms. The maximum atomic E-state index is 13.3. The topological polar surface area (TPSA) is 37.7 Å². The van der Waals surface area contributed by atoms with Gasteiger partial charge in [-0.3, -0.25) is 0 Å². The van der Waals surface area contributed by atoms with Crippen LogP contribution in [0.2, 0.25) is 5.02 Å². The number of halogens is 1. The van der Waals surface area contributed by atoms with Crippen molar-refractivity contribution in [1.82, 2.24) is 4.57 Å². The molecule has 1 aliphatic rings. The second-order valence-electron chi connectivity index (χ2n) is 7.09. The van der Waals surface area contributed by atoms with E-state index in [2.05, 4.69) is 24.8 Å². The molecule has 0 saturated heterocycles. The van der Waals surface area contributed by atoms with Crippen LogP contribution in [0.5, 0.6) is 5.75 Å². The van der Waals surface area contributed by atoms with E-state index in [0.717, 1.165) is 29.4 Å². The minimum absolute atomic E-state index is 0.464. The Kier molecular flexibility index (Phi) is 5.67. The van der Waals surface area contributed by atoms with Gasteiger partial charge in [-0.1, -0.05) is 23.4 Å². The van der Waals surface area contributed by atoms with Gasteiger partial charge in [-0.25, -0.2) is 9.46 Å². The maximum Gasteiger partial charge on any atom is 0.424 e. The normalized spacial score (nSPS) is 18.1. The molecule has 0 aliphatic carbocycles. The number of carbonyl (C=O) groups is 1. The summed E-state index contributed by atoms with van der Waals surface area (Å²) in [4.78, 5) is 15.5. The first kappa shape index (κ1) is 21.0. The molecule has 0 N–H and O–H groups in total. The maximum absolute atomic E-state index is 13.3. The monoisotopic (exact) mass is 459 g/mol. The number of rotatable bonds is 5. The van der Waals surface area contributed by atoms with Gasteiger partial charge in [-0.05, 0) is 56.3 Å². The first-order valence-electron chi connectivity index (χ1n) is 9.78. The van der Waals surface area contributed by atoms with Crippen molar-refractivity contribution in [3.8, 4) is 5.75 Å². The fourth-order valence-electron chi connectivity index (χ4n) is 3.75. The molecule has 156 valence electrons. The highest BCUT2D eigenvalue weighted by Gasteiger charge is 2.43. The van der Waals surface area contributed by atoms with Crippen LogP contribution >= 0.6 is 17.8 Å². The Morgan fingerprint density at radius 2 is 1.80 bits per heavy atom. The number of hydrogen-bond donors (Lipinski definition) is 0. The summed E-state index contributed by atoms with van der Waals surface area (Å²) in [6.45, 7) is 5.94. The molecule has 0 fully saturated rings. The lowest BCUT2D eigenvalue weighted by atomic mass is 10.2. The molecule has 8 heteroatoms. The Bertz CT molecular complexity index is 1140. The molecule has 0 spiro atoms. The van der Waals surface area contributed by atoms with E-state index in [9.17, 15) is 4.79 Å². The van der Waals surface area contributed by atoms with Crippen molar-refractivity contribution in [3.63, 3.8) is 0 Å².